The summed E-state index contributed by atoms with van der Waals surface area (Å²) in [5.74, 6) is -3.18. The molecule has 10 heavy (non-hydrogen) atoms. The van der Waals surface area contributed by atoms with Crippen LogP contribution < -0.4 is 0 Å². The molecule has 0 aromatic heterocycles. The molecular formula is C6H12O4. The molecule has 0 aliphatic carbocycles. The van der Waals surface area contributed by atoms with E-state index in [0.29, 0.717) is 12.8 Å². The van der Waals surface area contributed by atoms with Crippen molar-refractivity contribution in [1.82, 2.24) is 0 Å². The third-order valence-corrected chi connectivity index (χ3v) is 1.71. The number of aliphatic hydroxyl groups is 3. The molecule has 1 saturated heterocycles. The van der Waals surface area contributed by atoms with Crippen molar-refractivity contribution in [2.24, 2.45) is 0 Å². The molecule has 1 aliphatic rings. The lowest BCUT2D eigenvalue weighted by atomic mass is 10.1. The lowest BCUT2D eigenvalue weighted by Gasteiger charge is -2.04. The lowest BCUT2D eigenvalue weighted by Crippen LogP contribution is -2.28. The van der Waals surface area contributed by atoms with Crippen LogP contribution in [0.15, 0.2) is 0 Å². The van der Waals surface area contributed by atoms with Gasteiger partial charge in [0.1, 0.15) is 6.61 Å². The van der Waals surface area contributed by atoms with Gasteiger partial charge in [-0.05, 0) is 0 Å². The minimum Gasteiger partial charge on any atom is -0.391 e. The SMILES string of the molecule is CCCC1(O)OC1(O)CO. The van der Waals surface area contributed by atoms with Crippen molar-refractivity contribution in [3.05, 3.63) is 0 Å². The first-order chi connectivity index (χ1) is 4.58. The van der Waals surface area contributed by atoms with Gasteiger partial charge in [0.05, 0.1) is 0 Å². The van der Waals surface area contributed by atoms with E-state index < -0.39 is 18.2 Å². The van der Waals surface area contributed by atoms with Crippen molar-refractivity contribution in [1.29, 1.82) is 0 Å². The van der Waals surface area contributed by atoms with Crippen molar-refractivity contribution in [2.75, 3.05) is 6.61 Å². The third kappa shape index (κ3) is 0.932. The molecule has 1 aliphatic heterocycles. The number of epoxide rings is 1. The quantitative estimate of drug-likeness (QED) is 0.457. The summed E-state index contributed by atoms with van der Waals surface area (Å²) in [4.78, 5) is 0. The largest absolute Gasteiger partial charge is 0.391 e. The predicted molar refractivity (Wildman–Crippen MR) is 33.0 cm³/mol. The van der Waals surface area contributed by atoms with Gasteiger partial charge < -0.3 is 20.1 Å². The second-order valence-corrected chi connectivity index (χ2v) is 2.58. The van der Waals surface area contributed by atoms with E-state index in [0.717, 1.165) is 0 Å². The molecule has 0 bridgehead atoms. The van der Waals surface area contributed by atoms with Crippen LogP contribution in [0.1, 0.15) is 19.8 Å². The van der Waals surface area contributed by atoms with Crippen LogP contribution in [0.5, 0.6) is 0 Å². The van der Waals surface area contributed by atoms with Crippen LogP contribution in [-0.4, -0.2) is 33.5 Å². The molecule has 0 spiro atoms. The van der Waals surface area contributed by atoms with Crippen molar-refractivity contribution in [3.8, 4) is 0 Å². The zero-order valence-electron chi connectivity index (χ0n) is 5.87. The molecule has 0 aromatic rings. The summed E-state index contributed by atoms with van der Waals surface area (Å²) < 4.78 is 4.54. The summed E-state index contributed by atoms with van der Waals surface area (Å²) in [6.07, 6.45) is 1.06. The Bertz CT molecular complexity index is 134. The van der Waals surface area contributed by atoms with Gasteiger partial charge in [-0.3, -0.25) is 0 Å². The van der Waals surface area contributed by atoms with Gasteiger partial charge in [0.15, 0.2) is 0 Å². The molecule has 1 heterocycles. The molecule has 0 saturated carbocycles. The molecule has 3 N–H and O–H groups in total. The van der Waals surface area contributed by atoms with Crippen LogP contribution in [0.3, 0.4) is 0 Å². The summed E-state index contributed by atoms with van der Waals surface area (Å²) in [7, 11) is 0. The monoisotopic (exact) mass is 148 g/mol. The summed E-state index contributed by atoms with van der Waals surface area (Å²) in [5.41, 5.74) is 0. The first-order valence-electron chi connectivity index (χ1n) is 3.34. The van der Waals surface area contributed by atoms with Crippen molar-refractivity contribution >= 4 is 0 Å². The Kier molecular flexibility index (Phi) is 1.72. The molecule has 4 nitrogen and oxygen atoms in total. The summed E-state index contributed by atoms with van der Waals surface area (Å²) >= 11 is 0. The Morgan fingerprint density at radius 2 is 1.90 bits per heavy atom. The Labute approximate surface area is 59.1 Å². The Morgan fingerprint density at radius 1 is 1.30 bits per heavy atom. The van der Waals surface area contributed by atoms with Crippen LogP contribution in [0, 0.1) is 0 Å². The molecule has 2 atom stereocenters. The summed E-state index contributed by atoms with van der Waals surface area (Å²) in [5, 5.41) is 26.8. The van der Waals surface area contributed by atoms with Gasteiger partial charge in [-0.2, -0.15) is 0 Å². The minimum absolute atomic E-state index is 0.351. The van der Waals surface area contributed by atoms with Crippen LogP contribution in [0.25, 0.3) is 0 Å². The normalized spacial score (nSPS) is 45.6. The highest BCUT2D eigenvalue weighted by atomic mass is 16.8. The number of hydrogen-bond donors (Lipinski definition) is 3. The topological polar surface area (TPSA) is 73.2 Å². The standard InChI is InChI=1S/C6H12O4/c1-2-3-5(8)6(9,4-7)10-5/h7-9H,2-4H2,1H3. The maximum absolute atomic E-state index is 9.22. The van der Waals surface area contributed by atoms with E-state index in [1.807, 2.05) is 6.92 Å². The zero-order chi connectivity index (χ0) is 7.83. The van der Waals surface area contributed by atoms with E-state index in [4.69, 9.17) is 10.2 Å². The van der Waals surface area contributed by atoms with E-state index in [1.54, 1.807) is 0 Å². The van der Waals surface area contributed by atoms with Crippen LogP contribution in [0.4, 0.5) is 0 Å². The fourth-order valence-electron chi connectivity index (χ4n) is 0.995. The fraction of sp³-hybridized carbons (Fsp3) is 1.00. The summed E-state index contributed by atoms with van der Waals surface area (Å²) in [6, 6.07) is 0. The van der Waals surface area contributed by atoms with Gasteiger partial charge in [-0.25, -0.2) is 0 Å². The molecular weight excluding hydrogens is 136 g/mol. The first kappa shape index (κ1) is 7.94. The maximum Gasteiger partial charge on any atom is 0.247 e. The Hall–Kier alpha value is -0.160. The smallest absolute Gasteiger partial charge is 0.247 e. The minimum atomic E-state index is -1.69. The molecule has 4 heteroatoms. The van der Waals surface area contributed by atoms with Crippen LogP contribution in [-0.2, 0) is 4.74 Å². The van der Waals surface area contributed by atoms with Gasteiger partial charge in [0.2, 0.25) is 11.6 Å². The van der Waals surface area contributed by atoms with E-state index in [9.17, 15) is 5.11 Å². The van der Waals surface area contributed by atoms with Gasteiger partial charge >= 0.3 is 0 Å². The van der Waals surface area contributed by atoms with Crippen molar-refractivity contribution in [3.63, 3.8) is 0 Å². The number of ether oxygens (including phenoxy) is 1. The molecule has 0 amide bonds. The van der Waals surface area contributed by atoms with Gasteiger partial charge in [0.25, 0.3) is 0 Å². The maximum atomic E-state index is 9.22. The second kappa shape index (κ2) is 2.17. The third-order valence-electron chi connectivity index (χ3n) is 1.71. The van der Waals surface area contributed by atoms with Crippen LogP contribution >= 0.6 is 0 Å². The van der Waals surface area contributed by atoms with Gasteiger partial charge in [0, 0.05) is 6.42 Å². The van der Waals surface area contributed by atoms with E-state index in [2.05, 4.69) is 4.74 Å². The van der Waals surface area contributed by atoms with Crippen molar-refractivity contribution < 1.29 is 20.1 Å². The molecule has 0 radical (unpaired) electrons. The van der Waals surface area contributed by atoms with Crippen molar-refractivity contribution in [2.45, 2.75) is 31.3 Å². The Balaban J connectivity index is 2.46. The Morgan fingerprint density at radius 3 is 2.20 bits per heavy atom. The zero-order valence-corrected chi connectivity index (χ0v) is 5.87. The van der Waals surface area contributed by atoms with E-state index >= 15 is 0 Å². The van der Waals surface area contributed by atoms with Gasteiger partial charge in [-0.1, -0.05) is 13.3 Å². The molecule has 0 aromatic carbocycles. The highest BCUT2D eigenvalue weighted by molar-refractivity contribution is 4.99. The number of aliphatic hydroxyl groups excluding tert-OH is 1. The fourth-order valence-corrected chi connectivity index (χ4v) is 0.995. The van der Waals surface area contributed by atoms with E-state index in [1.165, 1.54) is 0 Å². The van der Waals surface area contributed by atoms with Gasteiger partial charge in [-0.15, -0.1) is 0 Å². The average molecular weight is 148 g/mol. The molecule has 2 unspecified atom stereocenters. The second-order valence-electron chi connectivity index (χ2n) is 2.58. The highest BCUT2D eigenvalue weighted by Gasteiger charge is 2.68. The lowest BCUT2D eigenvalue weighted by molar-refractivity contribution is -0.0242. The summed E-state index contributed by atoms with van der Waals surface area (Å²) in [6.45, 7) is 1.31. The van der Waals surface area contributed by atoms with Crippen LogP contribution in [0.2, 0.25) is 0 Å². The van der Waals surface area contributed by atoms with E-state index in [-0.39, 0.29) is 0 Å². The molecule has 1 fully saturated rings. The number of rotatable bonds is 3. The molecule has 60 valence electrons. The first-order valence-corrected chi connectivity index (χ1v) is 3.34. The highest BCUT2D eigenvalue weighted by Crippen LogP contribution is 2.46. The number of hydrogen-bond acceptors (Lipinski definition) is 4. The predicted octanol–water partition coefficient (Wildman–Crippen LogP) is -0.814. The molecule has 1 rings (SSSR count). The average Bonchev–Trinajstić information content (AvgIpc) is 2.38.